The van der Waals surface area contributed by atoms with Gasteiger partial charge >= 0.3 is 5.97 Å². The predicted molar refractivity (Wildman–Crippen MR) is 47.0 cm³/mol. The maximum Gasteiger partial charge on any atom is 0.325 e. The summed E-state index contributed by atoms with van der Waals surface area (Å²) < 4.78 is 4.50. The number of esters is 1. The molecule has 1 aliphatic rings. The first-order valence-corrected chi connectivity index (χ1v) is 4.52. The van der Waals surface area contributed by atoms with Gasteiger partial charge in [0, 0.05) is 13.0 Å². The van der Waals surface area contributed by atoms with Gasteiger partial charge in [0.25, 0.3) is 0 Å². The number of ether oxygens (including phenoxy) is 1. The lowest BCUT2D eigenvalue weighted by atomic mass is 10.1. The van der Waals surface area contributed by atoms with Gasteiger partial charge in [0.1, 0.15) is 6.54 Å². The minimum atomic E-state index is -0.342. The molecule has 13 heavy (non-hydrogen) atoms. The predicted octanol–water partition coefficient (Wildman–Crippen LogP) is 0.418. The van der Waals surface area contributed by atoms with Gasteiger partial charge in [-0.25, -0.2) is 0 Å². The SMILES string of the molecule is CCC1CC(=O)N(CC(=O)OC)C1. The fourth-order valence-corrected chi connectivity index (χ4v) is 1.50. The Kier molecular flexibility index (Phi) is 3.28. The van der Waals surface area contributed by atoms with Crippen molar-refractivity contribution in [2.75, 3.05) is 20.2 Å². The third-order valence-electron chi connectivity index (χ3n) is 2.42. The van der Waals surface area contributed by atoms with Gasteiger partial charge in [0.15, 0.2) is 0 Å². The highest BCUT2D eigenvalue weighted by atomic mass is 16.5. The Balaban J connectivity index is 2.43. The summed E-state index contributed by atoms with van der Waals surface area (Å²) in [6.45, 7) is 2.86. The first-order valence-electron chi connectivity index (χ1n) is 4.52. The molecule has 1 fully saturated rings. The lowest BCUT2D eigenvalue weighted by Crippen LogP contribution is -2.31. The molecule has 0 aromatic carbocycles. The van der Waals surface area contributed by atoms with Crippen molar-refractivity contribution in [3.63, 3.8) is 0 Å². The monoisotopic (exact) mass is 185 g/mol. The van der Waals surface area contributed by atoms with E-state index in [-0.39, 0.29) is 18.4 Å². The minimum absolute atomic E-state index is 0.0669. The van der Waals surface area contributed by atoms with E-state index in [1.807, 2.05) is 0 Å². The molecule has 0 bridgehead atoms. The average molecular weight is 185 g/mol. The van der Waals surface area contributed by atoms with Crippen molar-refractivity contribution in [2.45, 2.75) is 19.8 Å². The molecule has 0 aromatic rings. The second-order valence-corrected chi connectivity index (χ2v) is 3.33. The van der Waals surface area contributed by atoms with E-state index in [4.69, 9.17) is 0 Å². The van der Waals surface area contributed by atoms with Crippen LogP contribution < -0.4 is 0 Å². The van der Waals surface area contributed by atoms with Crippen LogP contribution in [0.5, 0.6) is 0 Å². The van der Waals surface area contributed by atoms with Gasteiger partial charge in [-0.1, -0.05) is 13.3 Å². The Labute approximate surface area is 77.8 Å². The molecule has 4 nitrogen and oxygen atoms in total. The maximum absolute atomic E-state index is 11.3. The molecule has 0 aromatic heterocycles. The van der Waals surface area contributed by atoms with E-state index in [1.165, 1.54) is 7.11 Å². The summed E-state index contributed by atoms with van der Waals surface area (Å²) in [6, 6.07) is 0. The first kappa shape index (κ1) is 10.0. The zero-order valence-corrected chi connectivity index (χ0v) is 8.08. The fourth-order valence-electron chi connectivity index (χ4n) is 1.50. The molecule has 74 valence electrons. The van der Waals surface area contributed by atoms with Crippen LogP contribution in [0.1, 0.15) is 19.8 Å². The molecule has 1 aliphatic heterocycles. The van der Waals surface area contributed by atoms with Crippen molar-refractivity contribution in [2.24, 2.45) is 5.92 Å². The summed E-state index contributed by atoms with van der Waals surface area (Å²) >= 11 is 0. The molecule has 1 rings (SSSR count). The highest BCUT2D eigenvalue weighted by Gasteiger charge is 2.29. The van der Waals surface area contributed by atoms with Gasteiger partial charge in [0.05, 0.1) is 7.11 Å². The number of rotatable bonds is 3. The molecule has 0 radical (unpaired) electrons. The van der Waals surface area contributed by atoms with Crippen molar-refractivity contribution >= 4 is 11.9 Å². The van der Waals surface area contributed by atoms with E-state index in [0.717, 1.165) is 6.42 Å². The van der Waals surface area contributed by atoms with Crippen LogP contribution in [0.2, 0.25) is 0 Å². The molecule has 1 amide bonds. The fraction of sp³-hybridized carbons (Fsp3) is 0.778. The molecular weight excluding hydrogens is 170 g/mol. The number of likely N-dealkylation sites (tertiary alicyclic amines) is 1. The standard InChI is InChI=1S/C9H15NO3/c1-3-7-4-8(11)10(5-7)6-9(12)13-2/h7H,3-6H2,1-2H3. The Morgan fingerprint density at radius 3 is 2.85 bits per heavy atom. The molecule has 1 atom stereocenters. The van der Waals surface area contributed by atoms with Crippen LogP contribution in [0.15, 0.2) is 0 Å². The largest absolute Gasteiger partial charge is 0.468 e. The van der Waals surface area contributed by atoms with Crippen molar-refractivity contribution in [3.8, 4) is 0 Å². The normalized spacial score (nSPS) is 22.2. The van der Waals surface area contributed by atoms with Gasteiger partial charge in [-0.2, -0.15) is 0 Å². The van der Waals surface area contributed by atoms with Crippen LogP contribution in [-0.2, 0) is 14.3 Å². The Hall–Kier alpha value is -1.06. The van der Waals surface area contributed by atoms with Crippen LogP contribution in [-0.4, -0.2) is 37.0 Å². The highest BCUT2D eigenvalue weighted by molar-refractivity contribution is 5.83. The number of nitrogens with zero attached hydrogens (tertiary/aromatic N) is 1. The number of hydrogen-bond acceptors (Lipinski definition) is 3. The molecular formula is C9H15NO3. The second-order valence-electron chi connectivity index (χ2n) is 3.33. The van der Waals surface area contributed by atoms with Crippen LogP contribution in [0.3, 0.4) is 0 Å². The lowest BCUT2D eigenvalue weighted by Gasteiger charge is -2.13. The minimum Gasteiger partial charge on any atom is -0.468 e. The van der Waals surface area contributed by atoms with E-state index < -0.39 is 0 Å². The van der Waals surface area contributed by atoms with Crippen molar-refractivity contribution < 1.29 is 14.3 Å². The quantitative estimate of drug-likeness (QED) is 0.598. The third kappa shape index (κ3) is 2.44. The third-order valence-corrected chi connectivity index (χ3v) is 2.42. The van der Waals surface area contributed by atoms with Crippen molar-refractivity contribution in [1.29, 1.82) is 0 Å². The molecule has 0 aliphatic carbocycles. The highest BCUT2D eigenvalue weighted by Crippen LogP contribution is 2.19. The van der Waals surface area contributed by atoms with Crippen molar-refractivity contribution in [1.82, 2.24) is 4.90 Å². The molecule has 0 N–H and O–H groups in total. The van der Waals surface area contributed by atoms with Gasteiger partial charge < -0.3 is 9.64 Å². The molecule has 1 heterocycles. The number of methoxy groups -OCH3 is 1. The van der Waals surface area contributed by atoms with Crippen molar-refractivity contribution in [3.05, 3.63) is 0 Å². The first-order chi connectivity index (χ1) is 6.17. The van der Waals surface area contributed by atoms with Crippen LogP contribution in [0, 0.1) is 5.92 Å². The Morgan fingerprint density at radius 2 is 2.38 bits per heavy atom. The summed E-state index contributed by atoms with van der Waals surface area (Å²) in [4.78, 5) is 23.8. The molecule has 1 saturated heterocycles. The molecule has 0 spiro atoms. The smallest absolute Gasteiger partial charge is 0.325 e. The summed E-state index contributed by atoms with van der Waals surface area (Å²) in [6.07, 6.45) is 1.57. The number of carbonyl (C=O) groups excluding carboxylic acids is 2. The van der Waals surface area contributed by atoms with Gasteiger partial charge in [-0.3, -0.25) is 9.59 Å². The van der Waals surface area contributed by atoms with E-state index in [1.54, 1.807) is 4.90 Å². The maximum atomic E-state index is 11.3. The summed E-state index contributed by atoms with van der Waals surface area (Å²) in [5, 5.41) is 0. The van der Waals surface area contributed by atoms with Gasteiger partial charge in [0.2, 0.25) is 5.91 Å². The average Bonchev–Trinajstić information content (AvgIpc) is 2.47. The molecule has 1 unspecified atom stereocenters. The summed E-state index contributed by atoms with van der Waals surface area (Å²) in [7, 11) is 1.33. The van der Waals surface area contributed by atoms with Gasteiger partial charge in [-0.05, 0) is 5.92 Å². The molecule has 0 saturated carbocycles. The number of hydrogen-bond donors (Lipinski definition) is 0. The molecule has 4 heteroatoms. The number of amides is 1. The van der Waals surface area contributed by atoms with E-state index >= 15 is 0 Å². The summed E-state index contributed by atoms with van der Waals surface area (Å²) in [5.74, 6) is 0.138. The topological polar surface area (TPSA) is 46.6 Å². The van der Waals surface area contributed by atoms with Crippen LogP contribution in [0.4, 0.5) is 0 Å². The van der Waals surface area contributed by atoms with Crippen LogP contribution in [0.25, 0.3) is 0 Å². The zero-order chi connectivity index (χ0) is 9.84. The Morgan fingerprint density at radius 1 is 1.69 bits per heavy atom. The summed E-state index contributed by atoms with van der Waals surface area (Å²) in [5.41, 5.74) is 0. The van der Waals surface area contributed by atoms with Gasteiger partial charge in [-0.15, -0.1) is 0 Å². The van der Waals surface area contributed by atoms with E-state index in [9.17, 15) is 9.59 Å². The number of carbonyl (C=O) groups is 2. The van der Waals surface area contributed by atoms with Crippen LogP contribution >= 0.6 is 0 Å². The van der Waals surface area contributed by atoms with E-state index in [0.29, 0.717) is 18.9 Å². The van der Waals surface area contributed by atoms with E-state index in [2.05, 4.69) is 11.7 Å². The lowest BCUT2D eigenvalue weighted by molar-refractivity contribution is -0.145. The Bertz CT molecular complexity index is 215. The zero-order valence-electron chi connectivity index (χ0n) is 8.08. The second kappa shape index (κ2) is 4.25.